The van der Waals surface area contributed by atoms with Gasteiger partial charge in [-0.25, -0.2) is 4.79 Å². The van der Waals surface area contributed by atoms with Crippen LogP contribution in [0.1, 0.15) is 29.3 Å². The first-order chi connectivity index (χ1) is 8.97. The van der Waals surface area contributed by atoms with Crippen LogP contribution in [0.5, 0.6) is 0 Å². The molecule has 1 aromatic carbocycles. The maximum Gasteiger partial charge on any atom is 0.337 e. The SMILES string of the molecule is CC(=O)NC1CCN(c2ccc(C)cc2C(=O)O)C1. The van der Waals surface area contributed by atoms with Gasteiger partial charge in [-0.1, -0.05) is 11.6 Å². The Morgan fingerprint density at radius 2 is 2.16 bits per heavy atom. The number of aryl methyl sites for hydroxylation is 1. The molecule has 0 saturated carbocycles. The van der Waals surface area contributed by atoms with Crippen LogP contribution in [0.15, 0.2) is 18.2 Å². The molecule has 1 aliphatic rings. The van der Waals surface area contributed by atoms with Gasteiger partial charge in [-0.2, -0.15) is 0 Å². The van der Waals surface area contributed by atoms with Gasteiger partial charge >= 0.3 is 5.97 Å². The molecular formula is C14H18N2O3. The first-order valence-corrected chi connectivity index (χ1v) is 6.33. The largest absolute Gasteiger partial charge is 0.478 e. The average Bonchev–Trinajstić information content (AvgIpc) is 2.76. The van der Waals surface area contributed by atoms with Gasteiger partial charge < -0.3 is 15.3 Å². The third kappa shape index (κ3) is 3.05. The molecule has 0 aliphatic carbocycles. The summed E-state index contributed by atoms with van der Waals surface area (Å²) in [5.74, 6) is -0.962. The lowest BCUT2D eigenvalue weighted by Gasteiger charge is -2.21. The predicted octanol–water partition coefficient (Wildman–Crippen LogP) is 1.41. The van der Waals surface area contributed by atoms with Crippen LogP contribution in [0.25, 0.3) is 0 Å². The Balaban J connectivity index is 2.19. The summed E-state index contributed by atoms with van der Waals surface area (Å²) in [6.45, 7) is 4.79. The number of nitrogens with one attached hydrogen (secondary N) is 1. The van der Waals surface area contributed by atoms with Crippen LogP contribution in [0.4, 0.5) is 5.69 Å². The summed E-state index contributed by atoms with van der Waals surface area (Å²) in [4.78, 5) is 24.3. The highest BCUT2D eigenvalue weighted by Gasteiger charge is 2.26. The first-order valence-electron chi connectivity index (χ1n) is 6.33. The normalized spacial score (nSPS) is 18.4. The molecule has 0 radical (unpaired) electrons. The topological polar surface area (TPSA) is 69.6 Å². The maximum atomic E-state index is 11.3. The van der Waals surface area contributed by atoms with Crippen LogP contribution in [0.3, 0.4) is 0 Å². The highest BCUT2D eigenvalue weighted by atomic mass is 16.4. The summed E-state index contributed by atoms with van der Waals surface area (Å²) in [6, 6.07) is 5.53. The Morgan fingerprint density at radius 1 is 1.42 bits per heavy atom. The fraction of sp³-hybridized carbons (Fsp3) is 0.429. The number of carbonyl (C=O) groups excluding carboxylic acids is 1. The minimum atomic E-state index is -0.915. The van der Waals surface area contributed by atoms with Gasteiger partial charge in [0.25, 0.3) is 0 Å². The zero-order valence-corrected chi connectivity index (χ0v) is 11.1. The zero-order valence-electron chi connectivity index (χ0n) is 11.1. The maximum absolute atomic E-state index is 11.3. The summed E-state index contributed by atoms with van der Waals surface area (Å²) in [5, 5.41) is 12.1. The Labute approximate surface area is 112 Å². The molecule has 1 amide bonds. The van der Waals surface area contributed by atoms with Gasteiger partial charge in [0, 0.05) is 26.1 Å². The second-order valence-corrected chi connectivity index (χ2v) is 4.96. The molecule has 5 heteroatoms. The van der Waals surface area contributed by atoms with Crippen molar-refractivity contribution in [2.45, 2.75) is 26.3 Å². The molecule has 102 valence electrons. The molecule has 1 heterocycles. The Morgan fingerprint density at radius 3 is 2.79 bits per heavy atom. The van der Waals surface area contributed by atoms with E-state index >= 15 is 0 Å². The van der Waals surface area contributed by atoms with Crippen molar-refractivity contribution in [1.82, 2.24) is 5.32 Å². The van der Waals surface area contributed by atoms with Gasteiger partial charge in [-0.15, -0.1) is 0 Å². The van der Waals surface area contributed by atoms with Crippen molar-refractivity contribution < 1.29 is 14.7 Å². The lowest BCUT2D eigenvalue weighted by Crippen LogP contribution is -2.35. The number of hydrogen-bond donors (Lipinski definition) is 2. The van der Waals surface area contributed by atoms with E-state index in [9.17, 15) is 14.7 Å². The number of carbonyl (C=O) groups is 2. The van der Waals surface area contributed by atoms with Crippen molar-refractivity contribution in [3.05, 3.63) is 29.3 Å². The fourth-order valence-corrected chi connectivity index (χ4v) is 2.48. The summed E-state index contributed by atoms with van der Waals surface area (Å²) >= 11 is 0. The van der Waals surface area contributed by atoms with Gasteiger partial charge in [0.1, 0.15) is 0 Å². The van der Waals surface area contributed by atoms with Gasteiger partial charge in [-0.3, -0.25) is 4.79 Å². The molecule has 5 nitrogen and oxygen atoms in total. The molecule has 1 aliphatic heterocycles. The average molecular weight is 262 g/mol. The molecule has 1 aromatic rings. The number of aromatic carboxylic acids is 1. The van der Waals surface area contributed by atoms with Crippen molar-refractivity contribution in [1.29, 1.82) is 0 Å². The molecule has 0 aromatic heterocycles. The second kappa shape index (κ2) is 5.30. The highest BCUT2D eigenvalue weighted by Crippen LogP contribution is 2.25. The Bertz CT molecular complexity index is 513. The van der Waals surface area contributed by atoms with E-state index in [2.05, 4.69) is 5.32 Å². The lowest BCUT2D eigenvalue weighted by atomic mass is 10.1. The third-order valence-corrected chi connectivity index (χ3v) is 3.32. The van der Waals surface area contributed by atoms with Crippen molar-refractivity contribution in [2.75, 3.05) is 18.0 Å². The molecule has 1 fully saturated rings. The highest BCUT2D eigenvalue weighted by molar-refractivity contribution is 5.94. The van der Waals surface area contributed by atoms with E-state index in [0.717, 1.165) is 24.2 Å². The van der Waals surface area contributed by atoms with Crippen LogP contribution in [-0.4, -0.2) is 36.1 Å². The number of amides is 1. The van der Waals surface area contributed by atoms with E-state index < -0.39 is 5.97 Å². The van der Waals surface area contributed by atoms with Gasteiger partial charge in [0.15, 0.2) is 0 Å². The lowest BCUT2D eigenvalue weighted by molar-refractivity contribution is -0.119. The minimum Gasteiger partial charge on any atom is -0.478 e. The molecule has 1 atom stereocenters. The van der Waals surface area contributed by atoms with Gasteiger partial charge in [0.2, 0.25) is 5.91 Å². The van der Waals surface area contributed by atoms with E-state index in [-0.39, 0.29) is 11.9 Å². The second-order valence-electron chi connectivity index (χ2n) is 4.96. The van der Waals surface area contributed by atoms with E-state index in [1.54, 1.807) is 6.07 Å². The fourth-order valence-electron chi connectivity index (χ4n) is 2.48. The molecule has 0 bridgehead atoms. The van der Waals surface area contributed by atoms with Crippen LogP contribution >= 0.6 is 0 Å². The van der Waals surface area contributed by atoms with Crippen LogP contribution < -0.4 is 10.2 Å². The standard InChI is InChI=1S/C14H18N2O3/c1-9-3-4-13(12(7-9)14(18)19)16-6-5-11(8-16)15-10(2)17/h3-4,7,11H,5-6,8H2,1-2H3,(H,15,17)(H,18,19). The van der Waals surface area contributed by atoms with E-state index in [0.29, 0.717) is 12.1 Å². The predicted molar refractivity (Wildman–Crippen MR) is 72.6 cm³/mol. The minimum absolute atomic E-state index is 0.0470. The number of benzene rings is 1. The Hall–Kier alpha value is -2.04. The number of nitrogens with zero attached hydrogens (tertiary/aromatic N) is 1. The summed E-state index contributed by atoms with van der Waals surface area (Å²) in [7, 11) is 0. The number of carboxylic acid groups (broad SMARTS) is 1. The van der Waals surface area contributed by atoms with Gasteiger partial charge in [-0.05, 0) is 25.5 Å². The van der Waals surface area contributed by atoms with E-state index in [4.69, 9.17) is 0 Å². The van der Waals surface area contributed by atoms with E-state index in [1.807, 2.05) is 24.0 Å². The number of carboxylic acids is 1. The molecule has 0 spiro atoms. The van der Waals surface area contributed by atoms with E-state index in [1.165, 1.54) is 6.92 Å². The number of anilines is 1. The smallest absolute Gasteiger partial charge is 0.337 e. The quantitative estimate of drug-likeness (QED) is 0.864. The molecule has 1 unspecified atom stereocenters. The third-order valence-electron chi connectivity index (χ3n) is 3.32. The summed E-state index contributed by atoms with van der Waals surface area (Å²) in [5.41, 5.74) is 1.98. The first kappa shape index (κ1) is 13.4. The monoisotopic (exact) mass is 262 g/mol. The van der Waals surface area contributed by atoms with Crippen LogP contribution in [-0.2, 0) is 4.79 Å². The van der Waals surface area contributed by atoms with Crippen molar-refractivity contribution >= 4 is 17.6 Å². The zero-order chi connectivity index (χ0) is 14.0. The molecule has 2 N–H and O–H groups in total. The molecule has 1 saturated heterocycles. The summed E-state index contributed by atoms with van der Waals surface area (Å²) < 4.78 is 0. The number of hydrogen-bond acceptors (Lipinski definition) is 3. The Kier molecular flexibility index (Phi) is 3.74. The van der Waals surface area contributed by atoms with Crippen molar-refractivity contribution in [2.24, 2.45) is 0 Å². The van der Waals surface area contributed by atoms with Crippen molar-refractivity contribution in [3.63, 3.8) is 0 Å². The van der Waals surface area contributed by atoms with Crippen LogP contribution in [0.2, 0.25) is 0 Å². The van der Waals surface area contributed by atoms with Gasteiger partial charge in [0.05, 0.1) is 11.3 Å². The number of rotatable bonds is 3. The van der Waals surface area contributed by atoms with Crippen molar-refractivity contribution in [3.8, 4) is 0 Å². The van der Waals surface area contributed by atoms with Crippen LogP contribution in [0, 0.1) is 6.92 Å². The summed E-state index contributed by atoms with van der Waals surface area (Å²) in [6.07, 6.45) is 0.840. The molecule has 2 rings (SSSR count). The molecule has 19 heavy (non-hydrogen) atoms. The molecular weight excluding hydrogens is 244 g/mol.